The molecular formula is C4H6Br2OY-2. The fourth-order valence-corrected chi connectivity index (χ4v) is 0. The van der Waals surface area contributed by atoms with Crippen LogP contribution in [0.2, 0.25) is 0 Å². The smallest absolute Gasteiger partial charge is 0 e. The van der Waals surface area contributed by atoms with E-state index in [2.05, 4.69) is 31.9 Å². The molecule has 4 heteroatoms. The molecule has 1 nitrogen and oxygen atoms in total. The first-order valence-corrected chi connectivity index (χ1v) is 2.92. The van der Waals surface area contributed by atoms with Crippen molar-refractivity contribution in [2.45, 2.75) is 10.2 Å². The van der Waals surface area contributed by atoms with Crippen LogP contribution in [-0.2, 0) is 37.5 Å². The average Bonchev–Trinajstić information content (AvgIpc) is 1.35. The summed E-state index contributed by atoms with van der Waals surface area (Å²) in [5.74, 6) is 0. The Balaban J connectivity index is -0.000000125. The summed E-state index contributed by atoms with van der Waals surface area (Å²) in [6.45, 7) is 1.65. The van der Waals surface area contributed by atoms with Gasteiger partial charge in [0.05, 0.1) is 0 Å². The standard InChI is InChI=1S/C3H3Br2O.CH3.Y/c1-3(4,5)2-6;;/h1H3;1H3;/q2*-1;. The van der Waals surface area contributed by atoms with Crippen molar-refractivity contribution in [1.82, 2.24) is 0 Å². The normalized spacial score (nSPS) is 8.38. The third-order valence-corrected chi connectivity index (χ3v) is 0.503. The van der Waals surface area contributed by atoms with E-state index < -0.39 is 3.23 Å². The van der Waals surface area contributed by atoms with Crippen molar-refractivity contribution in [3.05, 3.63) is 7.43 Å². The first kappa shape index (κ1) is 16.4. The van der Waals surface area contributed by atoms with Crippen molar-refractivity contribution in [1.29, 1.82) is 0 Å². The molecule has 0 aromatic carbocycles. The molecule has 0 N–H and O–H groups in total. The van der Waals surface area contributed by atoms with Crippen molar-refractivity contribution in [2.75, 3.05) is 0 Å². The van der Waals surface area contributed by atoms with Gasteiger partial charge in [-0.2, -0.15) is 0 Å². The molecule has 0 saturated heterocycles. The van der Waals surface area contributed by atoms with Crippen LogP contribution in [0.25, 0.3) is 0 Å². The zero-order chi connectivity index (χ0) is 5.21. The maximum Gasteiger partial charge on any atom is 0 e. The number of hydrogen-bond donors (Lipinski definition) is 0. The second-order valence-corrected chi connectivity index (χ2v) is 5.23. The minimum absolute atomic E-state index is 0. The largest absolute Gasteiger partial charge is 0.540 e. The van der Waals surface area contributed by atoms with E-state index in [0.717, 1.165) is 0 Å². The molecule has 8 heavy (non-hydrogen) atoms. The molecule has 0 aliphatic heterocycles. The molecule has 0 amide bonds. The minimum atomic E-state index is -0.639. The minimum Gasteiger partial charge on any atom is -0.540 e. The van der Waals surface area contributed by atoms with Crippen LogP contribution >= 0.6 is 31.9 Å². The van der Waals surface area contributed by atoms with Crippen molar-refractivity contribution < 1.29 is 37.5 Å². The Bertz CT molecular complexity index is 59.5. The van der Waals surface area contributed by atoms with Crippen LogP contribution in [0.5, 0.6) is 0 Å². The van der Waals surface area contributed by atoms with Crippen molar-refractivity contribution in [3.63, 3.8) is 0 Å². The second kappa shape index (κ2) is 6.85. The van der Waals surface area contributed by atoms with Gasteiger partial charge in [0.25, 0.3) is 0 Å². The van der Waals surface area contributed by atoms with E-state index in [4.69, 9.17) is 0 Å². The summed E-state index contributed by atoms with van der Waals surface area (Å²) in [6.07, 6.45) is 1.69. The Morgan fingerprint density at radius 3 is 1.62 bits per heavy atom. The molecular weight excluding hydrogens is 313 g/mol. The van der Waals surface area contributed by atoms with E-state index >= 15 is 0 Å². The first-order chi connectivity index (χ1) is 2.56. The van der Waals surface area contributed by atoms with Gasteiger partial charge in [-0.05, 0) is 3.23 Å². The zero-order valence-electron chi connectivity index (χ0n) is 4.74. The molecule has 0 unspecified atom stereocenters. The van der Waals surface area contributed by atoms with Crippen LogP contribution in [0.3, 0.4) is 0 Å². The van der Waals surface area contributed by atoms with Gasteiger partial charge < -0.3 is 12.2 Å². The number of halogens is 2. The van der Waals surface area contributed by atoms with Gasteiger partial charge >= 0.3 is 0 Å². The first-order valence-electron chi connectivity index (χ1n) is 1.33. The van der Waals surface area contributed by atoms with Crippen LogP contribution in [0, 0.1) is 7.43 Å². The van der Waals surface area contributed by atoms with Gasteiger partial charge in [-0.25, -0.2) is 6.29 Å². The third-order valence-electron chi connectivity index (χ3n) is 0.179. The summed E-state index contributed by atoms with van der Waals surface area (Å²) in [7, 11) is 0. The van der Waals surface area contributed by atoms with Crippen LogP contribution < -0.4 is 0 Å². The Morgan fingerprint density at radius 1 is 1.50 bits per heavy atom. The quantitative estimate of drug-likeness (QED) is 0.534. The topological polar surface area (TPSA) is 17.1 Å². The van der Waals surface area contributed by atoms with E-state index in [1.54, 1.807) is 13.2 Å². The van der Waals surface area contributed by atoms with Crippen LogP contribution in [0.4, 0.5) is 0 Å². The molecule has 0 aliphatic carbocycles. The molecule has 0 spiro atoms. The average molecular weight is 319 g/mol. The van der Waals surface area contributed by atoms with Crippen molar-refractivity contribution in [3.8, 4) is 0 Å². The van der Waals surface area contributed by atoms with Crippen molar-refractivity contribution >= 4 is 38.1 Å². The van der Waals surface area contributed by atoms with E-state index in [-0.39, 0.29) is 40.1 Å². The molecule has 0 bridgehead atoms. The molecule has 47 valence electrons. The third kappa shape index (κ3) is 15.6. The summed E-state index contributed by atoms with van der Waals surface area (Å²) < 4.78 is -0.639. The van der Waals surface area contributed by atoms with Crippen LogP contribution in [-0.4, -0.2) is 9.52 Å². The zero-order valence-corrected chi connectivity index (χ0v) is 10.8. The Kier molecular flexibility index (Phi) is 14.0. The summed E-state index contributed by atoms with van der Waals surface area (Å²) in [4.78, 5) is 9.61. The summed E-state index contributed by atoms with van der Waals surface area (Å²) in [5.41, 5.74) is 0. The van der Waals surface area contributed by atoms with Gasteiger partial charge in [0, 0.05) is 32.7 Å². The fourth-order valence-electron chi connectivity index (χ4n) is 0. The predicted octanol–water partition coefficient (Wildman–Crippen LogP) is 2.05. The maximum absolute atomic E-state index is 9.61. The van der Waals surface area contributed by atoms with Crippen LogP contribution in [0.15, 0.2) is 0 Å². The molecule has 0 aromatic heterocycles. The van der Waals surface area contributed by atoms with E-state index in [9.17, 15) is 4.79 Å². The van der Waals surface area contributed by atoms with E-state index in [1.165, 1.54) is 0 Å². The van der Waals surface area contributed by atoms with Gasteiger partial charge in [-0.1, -0.05) is 6.92 Å². The van der Waals surface area contributed by atoms with E-state index in [0.29, 0.717) is 0 Å². The Morgan fingerprint density at radius 2 is 1.62 bits per heavy atom. The fraction of sp³-hybridized carbons (Fsp3) is 0.500. The van der Waals surface area contributed by atoms with Gasteiger partial charge in [-0.3, -0.25) is 0 Å². The number of hydrogen-bond acceptors (Lipinski definition) is 1. The maximum atomic E-state index is 9.61. The molecule has 0 atom stereocenters. The van der Waals surface area contributed by atoms with Crippen LogP contribution in [0.1, 0.15) is 6.92 Å². The summed E-state index contributed by atoms with van der Waals surface area (Å²) >= 11 is 5.94. The van der Waals surface area contributed by atoms with Gasteiger partial charge in [0.2, 0.25) is 0 Å². The van der Waals surface area contributed by atoms with Gasteiger partial charge in [0.1, 0.15) is 0 Å². The predicted molar refractivity (Wildman–Crippen MR) is 38.4 cm³/mol. The molecule has 0 heterocycles. The molecule has 1 radical (unpaired) electrons. The molecule has 0 fully saturated rings. The SMILES string of the molecule is CC(Br)(Br)[C-]=O.[CH3-].[Y]. The van der Waals surface area contributed by atoms with E-state index in [1.807, 2.05) is 0 Å². The molecule has 0 aromatic rings. The monoisotopic (exact) mass is 317 g/mol. The number of rotatable bonds is 1. The van der Waals surface area contributed by atoms with Gasteiger partial charge in [0.15, 0.2) is 0 Å². The molecule has 0 rings (SSSR count). The molecule has 0 saturated carbocycles. The van der Waals surface area contributed by atoms with Crippen molar-refractivity contribution in [2.24, 2.45) is 0 Å². The number of alkyl halides is 2. The van der Waals surface area contributed by atoms with Gasteiger partial charge in [-0.15, -0.1) is 31.9 Å². The second-order valence-electron chi connectivity index (χ2n) is 0.990. The Hall–Kier alpha value is 1.73. The molecule has 0 aliphatic rings. The Labute approximate surface area is 92.1 Å². The number of carbonyl (C=O) groups excluding carboxylic acids is 1. The summed E-state index contributed by atoms with van der Waals surface area (Å²) in [5, 5.41) is 0. The summed E-state index contributed by atoms with van der Waals surface area (Å²) in [6, 6.07) is 0.